The van der Waals surface area contributed by atoms with Gasteiger partial charge in [0.2, 0.25) is 0 Å². The highest BCUT2D eigenvalue weighted by Crippen LogP contribution is 2.23. The quantitative estimate of drug-likeness (QED) is 0.605. The summed E-state index contributed by atoms with van der Waals surface area (Å²) in [4.78, 5) is 0. The second-order valence-corrected chi connectivity index (χ2v) is 4.36. The number of hydrogen-bond acceptors (Lipinski definition) is 2. The van der Waals surface area contributed by atoms with Gasteiger partial charge in [-0.2, -0.15) is 0 Å². The zero-order chi connectivity index (χ0) is 9.03. The first-order valence-corrected chi connectivity index (χ1v) is 4.87. The molecule has 3 heteroatoms. The molecule has 0 amide bonds. The van der Waals surface area contributed by atoms with Gasteiger partial charge in [-0.3, -0.25) is 0 Å². The fourth-order valence-electron chi connectivity index (χ4n) is 1.26. The van der Waals surface area contributed by atoms with Crippen LogP contribution in [0.3, 0.4) is 0 Å². The summed E-state index contributed by atoms with van der Waals surface area (Å²) in [6.07, 6.45) is 3.46. The minimum Gasteiger partial charge on any atom is -0.410 e. The molecule has 0 saturated carbocycles. The normalized spacial score (nSPS) is 22.8. The van der Waals surface area contributed by atoms with Gasteiger partial charge >= 0.3 is 7.12 Å². The van der Waals surface area contributed by atoms with E-state index >= 15 is 0 Å². The van der Waals surface area contributed by atoms with E-state index in [1.54, 1.807) is 0 Å². The Morgan fingerprint density at radius 3 is 2.33 bits per heavy atom. The predicted molar refractivity (Wildman–Crippen MR) is 51.2 cm³/mol. The molecule has 1 fully saturated rings. The van der Waals surface area contributed by atoms with Crippen molar-refractivity contribution in [3.63, 3.8) is 0 Å². The van der Waals surface area contributed by atoms with E-state index < -0.39 is 0 Å². The monoisotopic (exact) mass is 170 g/mol. The smallest absolute Gasteiger partial charge is 0.410 e. The summed E-state index contributed by atoms with van der Waals surface area (Å²) in [6.45, 7) is 8.20. The number of hydrogen-bond donors (Lipinski definition) is 0. The van der Waals surface area contributed by atoms with Gasteiger partial charge in [-0.15, -0.1) is 0 Å². The van der Waals surface area contributed by atoms with Gasteiger partial charge in [0.1, 0.15) is 0 Å². The molecule has 12 heavy (non-hydrogen) atoms. The molecular weight excluding hydrogens is 151 g/mol. The van der Waals surface area contributed by atoms with E-state index in [-0.39, 0.29) is 12.5 Å². The fourth-order valence-corrected chi connectivity index (χ4v) is 1.26. The summed E-state index contributed by atoms with van der Waals surface area (Å²) >= 11 is 0. The molecule has 0 aliphatic carbocycles. The number of unbranched alkanes of at least 4 members (excludes halogenated alkanes) is 1. The highest BCUT2D eigenvalue weighted by Gasteiger charge is 2.31. The maximum atomic E-state index is 5.57. The van der Waals surface area contributed by atoms with Crippen LogP contribution in [0.4, 0.5) is 0 Å². The lowest BCUT2D eigenvalue weighted by Gasteiger charge is -2.33. The van der Waals surface area contributed by atoms with E-state index in [2.05, 4.69) is 20.8 Å². The second-order valence-electron chi connectivity index (χ2n) is 4.36. The highest BCUT2D eigenvalue weighted by molar-refractivity contribution is 6.44. The maximum absolute atomic E-state index is 5.57. The third kappa shape index (κ3) is 3.15. The van der Waals surface area contributed by atoms with E-state index in [4.69, 9.17) is 9.31 Å². The van der Waals surface area contributed by atoms with Crippen molar-refractivity contribution in [2.24, 2.45) is 5.41 Å². The van der Waals surface area contributed by atoms with Crippen molar-refractivity contribution >= 4 is 7.12 Å². The Bertz CT molecular complexity index is 126. The average molecular weight is 170 g/mol. The summed E-state index contributed by atoms with van der Waals surface area (Å²) in [6, 6.07) is 0. The lowest BCUT2D eigenvalue weighted by Crippen LogP contribution is -2.40. The van der Waals surface area contributed by atoms with Crippen molar-refractivity contribution in [3.8, 4) is 0 Å². The molecule has 0 atom stereocenters. The van der Waals surface area contributed by atoms with Crippen molar-refractivity contribution in [2.75, 3.05) is 13.2 Å². The molecule has 1 rings (SSSR count). The molecule has 1 aliphatic rings. The molecule has 0 unspecified atom stereocenters. The average Bonchev–Trinajstić information content (AvgIpc) is 2.03. The van der Waals surface area contributed by atoms with Crippen LogP contribution in [0.25, 0.3) is 0 Å². The van der Waals surface area contributed by atoms with Crippen LogP contribution >= 0.6 is 0 Å². The zero-order valence-corrected chi connectivity index (χ0v) is 8.43. The second kappa shape index (κ2) is 4.29. The molecule has 0 aromatic heterocycles. The zero-order valence-electron chi connectivity index (χ0n) is 8.43. The van der Waals surface area contributed by atoms with E-state index in [9.17, 15) is 0 Å². The van der Waals surface area contributed by atoms with Gasteiger partial charge in [0.25, 0.3) is 0 Å². The third-order valence-corrected chi connectivity index (χ3v) is 2.11. The Labute approximate surface area is 75.8 Å². The van der Waals surface area contributed by atoms with Crippen LogP contribution < -0.4 is 0 Å². The van der Waals surface area contributed by atoms with Crippen molar-refractivity contribution in [2.45, 2.75) is 39.9 Å². The standard InChI is InChI=1S/C9H19BO2/c1-4-5-6-10-11-7-9(2,3)8-12-10/h4-8H2,1-3H3. The third-order valence-electron chi connectivity index (χ3n) is 2.11. The Hall–Kier alpha value is -0.0151. The molecule has 0 bridgehead atoms. The van der Waals surface area contributed by atoms with Crippen molar-refractivity contribution in [3.05, 3.63) is 0 Å². The largest absolute Gasteiger partial charge is 0.456 e. The summed E-state index contributed by atoms with van der Waals surface area (Å²) in [5, 5.41) is 0. The molecule has 70 valence electrons. The van der Waals surface area contributed by atoms with Crippen LogP contribution in [0, 0.1) is 5.41 Å². The lowest BCUT2D eigenvalue weighted by molar-refractivity contribution is 0.0280. The molecule has 0 spiro atoms. The van der Waals surface area contributed by atoms with E-state index in [1.807, 2.05) is 0 Å². The Kier molecular flexibility index (Phi) is 3.60. The molecule has 1 saturated heterocycles. The lowest BCUT2D eigenvalue weighted by atomic mass is 9.78. The minimum absolute atomic E-state index is 0.0676. The Morgan fingerprint density at radius 1 is 1.25 bits per heavy atom. The Morgan fingerprint density at radius 2 is 1.83 bits per heavy atom. The van der Waals surface area contributed by atoms with E-state index in [0.29, 0.717) is 0 Å². The van der Waals surface area contributed by atoms with Crippen LogP contribution in [0.2, 0.25) is 6.32 Å². The number of rotatable bonds is 3. The predicted octanol–water partition coefficient (Wildman–Crippen LogP) is 2.35. The maximum Gasteiger partial charge on any atom is 0.456 e. The topological polar surface area (TPSA) is 18.5 Å². The van der Waals surface area contributed by atoms with Gasteiger partial charge in [0.15, 0.2) is 0 Å². The molecule has 0 aromatic carbocycles. The van der Waals surface area contributed by atoms with Crippen molar-refractivity contribution in [1.29, 1.82) is 0 Å². The van der Waals surface area contributed by atoms with E-state index in [1.165, 1.54) is 12.8 Å². The molecule has 1 heterocycles. The summed E-state index contributed by atoms with van der Waals surface area (Å²) in [7, 11) is 0.0676. The van der Waals surface area contributed by atoms with Crippen molar-refractivity contribution in [1.82, 2.24) is 0 Å². The molecule has 2 nitrogen and oxygen atoms in total. The Balaban J connectivity index is 2.18. The van der Waals surface area contributed by atoms with Gasteiger partial charge in [0.05, 0.1) is 0 Å². The van der Waals surface area contributed by atoms with Gasteiger partial charge in [-0.05, 0) is 6.32 Å². The van der Waals surface area contributed by atoms with E-state index in [0.717, 1.165) is 19.5 Å². The van der Waals surface area contributed by atoms with Crippen LogP contribution in [0.5, 0.6) is 0 Å². The minimum atomic E-state index is 0.0676. The van der Waals surface area contributed by atoms with Crippen LogP contribution in [-0.2, 0) is 9.31 Å². The van der Waals surface area contributed by atoms with Crippen LogP contribution in [0.1, 0.15) is 33.6 Å². The van der Waals surface area contributed by atoms with Gasteiger partial charge in [0, 0.05) is 18.6 Å². The van der Waals surface area contributed by atoms with Gasteiger partial charge in [-0.1, -0.05) is 33.6 Å². The molecule has 0 N–H and O–H groups in total. The SMILES string of the molecule is CCCCB1OCC(C)(C)CO1. The van der Waals surface area contributed by atoms with Crippen LogP contribution in [-0.4, -0.2) is 20.3 Å². The van der Waals surface area contributed by atoms with Gasteiger partial charge < -0.3 is 9.31 Å². The first-order valence-electron chi connectivity index (χ1n) is 4.87. The summed E-state index contributed by atoms with van der Waals surface area (Å²) < 4.78 is 11.1. The first-order chi connectivity index (χ1) is 5.64. The van der Waals surface area contributed by atoms with Crippen LogP contribution in [0.15, 0.2) is 0 Å². The first kappa shape index (κ1) is 10.1. The summed E-state index contributed by atoms with van der Waals surface area (Å²) in [5.41, 5.74) is 0.211. The van der Waals surface area contributed by atoms with Gasteiger partial charge in [-0.25, -0.2) is 0 Å². The fraction of sp³-hybridized carbons (Fsp3) is 1.00. The van der Waals surface area contributed by atoms with Crippen molar-refractivity contribution < 1.29 is 9.31 Å². The molecular formula is C9H19BO2. The molecule has 0 radical (unpaired) electrons. The molecule has 1 aliphatic heterocycles. The highest BCUT2D eigenvalue weighted by atomic mass is 16.6. The molecule has 0 aromatic rings. The summed E-state index contributed by atoms with van der Waals surface area (Å²) in [5.74, 6) is 0.